The van der Waals surface area contributed by atoms with E-state index in [2.05, 4.69) is 4.98 Å². The van der Waals surface area contributed by atoms with Gasteiger partial charge in [0.25, 0.3) is 5.69 Å². The normalized spacial score (nSPS) is 10.2. The van der Waals surface area contributed by atoms with Crippen LogP contribution in [0.2, 0.25) is 0 Å². The Morgan fingerprint density at radius 3 is 2.60 bits per heavy atom. The highest BCUT2D eigenvalue weighted by Gasteiger charge is 2.13. The van der Waals surface area contributed by atoms with Crippen molar-refractivity contribution in [3.63, 3.8) is 0 Å². The summed E-state index contributed by atoms with van der Waals surface area (Å²) >= 11 is 1.55. The van der Waals surface area contributed by atoms with Crippen LogP contribution in [0.15, 0.2) is 60.2 Å². The first-order valence-corrected chi connectivity index (χ1v) is 8.01. The highest BCUT2D eigenvalue weighted by atomic mass is 32.1. The molecule has 25 heavy (non-hydrogen) atoms. The van der Waals surface area contributed by atoms with Crippen molar-refractivity contribution in [3.05, 3.63) is 81.5 Å². The lowest BCUT2D eigenvalue weighted by molar-refractivity contribution is -0.384. The van der Waals surface area contributed by atoms with Gasteiger partial charge in [0, 0.05) is 40.5 Å². The van der Waals surface area contributed by atoms with Crippen LogP contribution in [0.1, 0.15) is 11.1 Å². The van der Waals surface area contributed by atoms with Crippen LogP contribution in [0, 0.1) is 20.9 Å². The number of non-ortho nitro benzene ring substituents is 1. The van der Waals surface area contributed by atoms with Gasteiger partial charge in [0.1, 0.15) is 0 Å². The Hall–Kier alpha value is -3.39. The lowest BCUT2D eigenvalue weighted by Gasteiger charge is -2.09. The number of rotatable bonds is 4. The Kier molecular flexibility index (Phi) is 4.62. The molecule has 2 aromatic heterocycles. The Labute approximate surface area is 146 Å². The molecule has 3 rings (SSSR count). The van der Waals surface area contributed by atoms with Gasteiger partial charge in [-0.1, -0.05) is 12.1 Å². The van der Waals surface area contributed by atoms with Crippen LogP contribution >= 0.6 is 11.3 Å². The van der Waals surface area contributed by atoms with E-state index in [9.17, 15) is 10.1 Å². The molecular formula is C17H12N4O3S. The van der Waals surface area contributed by atoms with Gasteiger partial charge in [-0.2, -0.15) is 0 Å². The molecule has 0 bridgehead atoms. The summed E-state index contributed by atoms with van der Waals surface area (Å²) in [6, 6.07) is 11.2. The molecule has 0 aliphatic carbocycles. The maximum Gasteiger partial charge on any atom is 0.270 e. The summed E-state index contributed by atoms with van der Waals surface area (Å²) < 4.78 is 5.24. The van der Waals surface area contributed by atoms with Gasteiger partial charge < -0.3 is 4.74 Å². The Bertz CT molecular complexity index is 954. The number of ether oxygens (including phenoxy) is 1. The molecule has 0 unspecified atom stereocenters. The van der Waals surface area contributed by atoms with Gasteiger partial charge in [-0.25, -0.2) is 0 Å². The van der Waals surface area contributed by atoms with Crippen molar-refractivity contribution in [2.75, 3.05) is 0 Å². The highest BCUT2D eigenvalue weighted by molar-refractivity contribution is 7.13. The third-order valence-electron chi connectivity index (χ3n) is 3.33. The first-order chi connectivity index (χ1) is 12.0. The molecule has 2 N–H and O–H groups in total. The minimum Gasteiger partial charge on any atom is -0.421 e. The number of hydrogen-bond donors (Lipinski definition) is 2. The van der Waals surface area contributed by atoms with E-state index >= 15 is 0 Å². The molecule has 0 saturated carbocycles. The average molecular weight is 352 g/mol. The van der Waals surface area contributed by atoms with Crippen molar-refractivity contribution in [3.8, 4) is 10.4 Å². The van der Waals surface area contributed by atoms with Crippen molar-refractivity contribution in [1.29, 1.82) is 10.8 Å². The van der Waals surface area contributed by atoms with Crippen molar-refractivity contribution in [2.45, 2.75) is 0 Å². The zero-order chi connectivity index (χ0) is 17.8. The molecule has 0 radical (unpaired) electrons. The van der Waals surface area contributed by atoms with Crippen LogP contribution in [0.4, 0.5) is 5.69 Å². The summed E-state index contributed by atoms with van der Waals surface area (Å²) in [6.07, 6.45) is 3.16. The highest BCUT2D eigenvalue weighted by Crippen LogP contribution is 2.24. The summed E-state index contributed by atoms with van der Waals surface area (Å²) in [7, 11) is 0. The fourth-order valence-corrected chi connectivity index (χ4v) is 2.83. The number of aromatic nitrogens is 1. The molecule has 8 heteroatoms. The van der Waals surface area contributed by atoms with E-state index in [1.54, 1.807) is 23.6 Å². The number of benzene rings is 1. The summed E-state index contributed by atoms with van der Waals surface area (Å²) in [5.74, 6) is -0.586. The predicted octanol–water partition coefficient (Wildman–Crippen LogP) is 4.09. The fourth-order valence-electron chi connectivity index (χ4n) is 2.12. The number of nitrogens with one attached hydrogen (secondary N) is 2. The maximum absolute atomic E-state index is 10.8. The maximum atomic E-state index is 10.8. The van der Waals surface area contributed by atoms with Crippen LogP contribution < -0.4 is 0 Å². The minimum absolute atomic E-state index is 0.140. The van der Waals surface area contributed by atoms with Crippen molar-refractivity contribution >= 4 is 28.8 Å². The summed E-state index contributed by atoms with van der Waals surface area (Å²) in [5.41, 5.74) is 1.35. The number of pyridine rings is 1. The second kappa shape index (κ2) is 7.02. The van der Waals surface area contributed by atoms with Gasteiger partial charge in [0.05, 0.1) is 10.5 Å². The van der Waals surface area contributed by atoms with E-state index in [4.69, 9.17) is 15.6 Å². The Morgan fingerprint density at radius 2 is 1.88 bits per heavy atom. The van der Waals surface area contributed by atoms with Crippen molar-refractivity contribution in [2.24, 2.45) is 0 Å². The third-order valence-corrected chi connectivity index (χ3v) is 4.25. The average Bonchev–Trinajstić information content (AvgIpc) is 3.16. The third kappa shape index (κ3) is 3.75. The molecule has 0 aliphatic rings. The second-order valence-electron chi connectivity index (χ2n) is 5.01. The first-order valence-electron chi connectivity index (χ1n) is 7.13. The van der Waals surface area contributed by atoms with Gasteiger partial charge in [-0.3, -0.25) is 25.9 Å². The number of nitro benzene ring substituents is 1. The number of thiophene rings is 1. The van der Waals surface area contributed by atoms with Gasteiger partial charge in [0.2, 0.25) is 11.8 Å². The number of nitro groups is 1. The molecule has 0 aliphatic heterocycles. The Balaban J connectivity index is 1.78. The van der Waals surface area contributed by atoms with Crippen LogP contribution in [0.25, 0.3) is 10.4 Å². The zero-order valence-electron chi connectivity index (χ0n) is 12.8. The van der Waals surface area contributed by atoms with Crippen molar-refractivity contribution in [1.82, 2.24) is 4.98 Å². The number of nitrogens with zero attached hydrogens (tertiary/aromatic N) is 2. The quantitative estimate of drug-likeness (QED) is 0.319. The molecule has 2 heterocycles. The van der Waals surface area contributed by atoms with Gasteiger partial charge >= 0.3 is 0 Å². The molecule has 0 saturated heterocycles. The van der Waals surface area contributed by atoms with Crippen molar-refractivity contribution < 1.29 is 9.66 Å². The van der Waals surface area contributed by atoms with Crippen LogP contribution in [0.5, 0.6) is 0 Å². The smallest absolute Gasteiger partial charge is 0.270 e. The van der Waals surface area contributed by atoms with Gasteiger partial charge in [-0.15, -0.1) is 11.3 Å². The predicted molar refractivity (Wildman–Crippen MR) is 95.4 cm³/mol. The molecular weight excluding hydrogens is 340 g/mol. The van der Waals surface area contributed by atoms with E-state index in [0.29, 0.717) is 5.56 Å². The molecule has 3 aromatic rings. The largest absolute Gasteiger partial charge is 0.421 e. The van der Waals surface area contributed by atoms with E-state index in [-0.39, 0.29) is 23.0 Å². The lowest BCUT2D eigenvalue weighted by atomic mass is 10.1. The van der Waals surface area contributed by atoms with E-state index in [1.807, 2.05) is 17.5 Å². The molecule has 124 valence electrons. The molecule has 0 fully saturated rings. The Morgan fingerprint density at radius 1 is 1.08 bits per heavy atom. The zero-order valence-corrected chi connectivity index (χ0v) is 13.6. The van der Waals surface area contributed by atoms with Gasteiger partial charge in [0.15, 0.2) is 0 Å². The number of hydrogen-bond acceptors (Lipinski definition) is 7. The summed E-state index contributed by atoms with van der Waals surface area (Å²) in [4.78, 5) is 15.4. The van der Waals surface area contributed by atoms with Crippen LogP contribution in [0.3, 0.4) is 0 Å². The van der Waals surface area contributed by atoms with Gasteiger partial charge in [-0.05, 0) is 23.6 Å². The first kappa shape index (κ1) is 16.5. The molecule has 7 nitrogen and oxygen atoms in total. The standard InChI is InChI=1S/C17H12N4O3S/c18-16(11-3-1-4-14(8-11)21(22)23)24-17(19)13-7-12(9-20-10-13)15-5-2-6-25-15/h1-10,18-19H. The van der Waals surface area contributed by atoms with E-state index in [1.165, 1.54) is 30.5 Å². The topological polar surface area (TPSA) is 113 Å². The molecule has 0 amide bonds. The molecule has 1 aromatic carbocycles. The minimum atomic E-state index is -0.545. The molecule has 0 spiro atoms. The monoisotopic (exact) mass is 352 g/mol. The molecule has 0 atom stereocenters. The van der Waals surface area contributed by atoms with Crippen LogP contribution in [-0.2, 0) is 4.74 Å². The second-order valence-corrected chi connectivity index (χ2v) is 5.96. The fraction of sp³-hybridized carbons (Fsp3) is 0. The summed E-state index contributed by atoms with van der Waals surface area (Å²) in [6.45, 7) is 0. The SMILES string of the molecule is N=C(OC(=N)c1cccc([N+](=O)[O-])c1)c1cncc(-c2cccs2)c1. The summed E-state index contributed by atoms with van der Waals surface area (Å²) in [5, 5.41) is 28.7. The van der Waals surface area contributed by atoms with E-state index < -0.39 is 4.92 Å². The van der Waals surface area contributed by atoms with E-state index in [0.717, 1.165) is 10.4 Å². The lowest BCUT2D eigenvalue weighted by Crippen LogP contribution is -2.13. The van der Waals surface area contributed by atoms with Crippen LogP contribution in [-0.4, -0.2) is 21.7 Å².